The lowest BCUT2D eigenvalue weighted by Crippen LogP contribution is -2.32. The fraction of sp³-hybridized carbons (Fsp3) is 0.435. The summed E-state index contributed by atoms with van der Waals surface area (Å²) >= 11 is 0. The summed E-state index contributed by atoms with van der Waals surface area (Å²) in [6.45, 7) is 8.17. The molecule has 148 valence electrons. The number of carbonyl (C=O) groups is 3. The Morgan fingerprint density at radius 3 is 2.29 bits per heavy atom. The fourth-order valence-electron chi connectivity index (χ4n) is 4.55. The molecule has 0 spiro atoms. The summed E-state index contributed by atoms with van der Waals surface area (Å²) in [5.74, 6) is -1.67. The normalized spacial score (nSPS) is 27.3. The molecule has 5 heteroatoms. The molecule has 0 heterocycles. The summed E-state index contributed by atoms with van der Waals surface area (Å²) in [7, 11) is 0. The smallest absolute Gasteiger partial charge is 0.345 e. The Bertz CT molecular complexity index is 888. The van der Waals surface area contributed by atoms with Crippen LogP contribution < -0.4 is 0 Å². The van der Waals surface area contributed by atoms with Crippen LogP contribution in [0.4, 0.5) is 0 Å². The van der Waals surface area contributed by atoms with E-state index in [0.29, 0.717) is 5.56 Å². The van der Waals surface area contributed by atoms with Crippen LogP contribution in [-0.4, -0.2) is 29.4 Å². The second-order valence-electron chi connectivity index (χ2n) is 8.32. The van der Waals surface area contributed by atoms with Crippen LogP contribution in [0.25, 0.3) is 12.2 Å². The molecule has 1 aromatic carbocycles. The number of allylic oxidation sites excluding steroid dienone is 1. The molecule has 0 aromatic heterocycles. The number of benzene rings is 1. The molecule has 2 aliphatic rings. The Balaban J connectivity index is 1.87. The molecule has 0 radical (unpaired) electrons. The van der Waals surface area contributed by atoms with Gasteiger partial charge in [-0.05, 0) is 60.0 Å². The first kappa shape index (κ1) is 20.1. The maximum absolute atomic E-state index is 12.9. The quantitative estimate of drug-likeness (QED) is 0.358. The number of carbonyl (C=O) groups excluding carboxylic acids is 2. The standard InChI is InChI=1S/C23H26O5/c1-5-28-21(27)17(20(25)26)13-15-8-6-14(7-9-15)12-16-18-10-11-23(4,19(16)24)22(18,2)3/h6-9,12-13,18H,5,10-11H2,1-4H3,(H,25,26). The third-order valence-electron chi connectivity index (χ3n) is 6.66. The second-order valence-corrected chi connectivity index (χ2v) is 8.32. The Labute approximate surface area is 165 Å². The van der Waals surface area contributed by atoms with Gasteiger partial charge >= 0.3 is 11.9 Å². The molecule has 5 nitrogen and oxygen atoms in total. The van der Waals surface area contributed by atoms with E-state index in [9.17, 15) is 19.5 Å². The molecule has 1 N–H and O–H groups in total. The van der Waals surface area contributed by atoms with Gasteiger partial charge in [-0.2, -0.15) is 0 Å². The van der Waals surface area contributed by atoms with Gasteiger partial charge in [-0.15, -0.1) is 0 Å². The Kier molecular flexibility index (Phi) is 5.04. The molecular weight excluding hydrogens is 356 g/mol. The summed E-state index contributed by atoms with van der Waals surface area (Å²) in [5.41, 5.74) is 1.63. The number of carboxylic acid groups (broad SMARTS) is 1. The van der Waals surface area contributed by atoms with E-state index in [1.54, 1.807) is 19.1 Å². The topological polar surface area (TPSA) is 80.7 Å². The highest BCUT2D eigenvalue weighted by atomic mass is 16.5. The molecular formula is C23H26O5. The van der Waals surface area contributed by atoms with Gasteiger partial charge in [0.1, 0.15) is 5.57 Å². The van der Waals surface area contributed by atoms with Gasteiger partial charge in [0.2, 0.25) is 0 Å². The molecule has 2 aliphatic carbocycles. The lowest BCUT2D eigenvalue weighted by molar-refractivity contribution is -0.143. The van der Waals surface area contributed by atoms with Crippen LogP contribution in [0.3, 0.4) is 0 Å². The largest absolute Gasteiger partial charge is 0.477 e. The van der Waals surface area contributed by atoms with E-state index >= 15 is 0 Å². The minimum Gasteiger partial charge on any atom is -0.477 e. The molecule has 2 saturated carbocycles. The van der Waals surface area contributed by atoms with E-state index in [1.165, 1.54) is 6.08 Å². The molecule has 2 unspecified atom stereocenters. The summed E-state index contributed by atoms with van der Waals surface area (Å²) in [6, 6.07) is 7.13. The van der Waals surface area contributed by atoms with E-state index in [1.807, 2.05) is 18.2 Å². The highest BCUT2D eigenvalue weighted by molar-refractivity contribution is 6.17. The first-order chi connectivity index (χ1) is 13.1. The van der Waals surface area contributed by atoms with Gasteiger partial charge in [0, 0.05) is 5.41 Å². The predicted molar refractivity (Wildman–Crippen MR) is 106 cm³/mol. The fourth-order valence-corrected chi connectivity index (χ4v) is 4.55. The van der Waals surface area contributed by atoms with E-state index in [-0.39, 0.29) is 29.1 Å². The van der Waals surface area contributed by atoms with Crippen molar-refractivity contribution < 1.29 is 24.2 Å². The number of hydrogen-bond acceptors (Lipinski definition) is 4. The van der Waals surface area contributed by atoms with Crippen molar-refractivity contribution in [3.63, 3.8) is 0 Å². The van der Waals surface area contributed by atoms with E-state index < -0.39 is 17.5 Å². The minimum absolute atomic E-state index is 0.0331. The first-order valence-electron chi connectivity index (χ1n) is 9.60. The van der Waals surface area contributed by atoms with Crippen molar-refractivity contribution in [1.82, 2.24) is 0 Å². The number of ketones is 1. The van der Waals surface area contributed by atoms with Crippen LogP contribution in [0.15, 0.2) is 35.4 Å². The molecule has 2 bridgehead atoms. The van der Waals surface area contributed by atoms with Crippen molar-refractivity contribution in [3.8, 4) is 0 Å². The average molecular weight is 382 g/mol. The van der Waals surface area contributed by atoms with Gasteiger partial charge in [0.25, 0.3) is 0 Å². The molecule has 0 saturated heterocycles. The number of rotatable bonds is 5. The van der Waals surface area contributed by atoms with E-state index in [0.717, 1.165) is 24.0 Å². The summed E-state index contributed by atoms with van der Waals surface area (Å²) < 4.78 is 4.78. The van der Waals surface area contributed by atoms with Crippen molar-refractivity contribution in [2.24, 2.45) is 16.7 Å². The zero-order valence-corrected chi connectivity index (χ0v) is 16.7. The van der Waals surface area contributed by atoms with E-state index in [2.05, 4.69) is 20.8 Å². The molecule has 0 aliphatic heterocycles. The third kappa shape index (κ3) is 3.09. The number of Topliss-reactive ketones (excluding diaryl/α,β-unsaturated/α-hetero) is 1. The van der Waals surface area contributed by atoms with Gasteiger partial charge in [0.05, 0.1) is 6.61 Å². The highest BCUT2D eigenvalue weighted by Gasteiger charge is 2.63. The predicted octanol–water partition coefficient (Wildman–Crippen LogP) is 4.13. The van der Waals surface area contributed by atoms with Gasteiger partial charge in [-0.25, -0.2) is 9.59 Å². The Morgan fingerprint density at radius 2 is 1.79 bits per heavy atom. The Hall–Kier alpha value is -2.69. The van der Waals surface area contributed by atoms with E-state index in [4.69, 9.17) is 4.74 Å². The average Bonchev–Trinajstić information content (AvgIpc) is 2.94. The van der Waals surface area contributed by atoms with Crippen LogP contribution in [0.1, 0.15) is 51.7 Å². The SMILES string of the molecule is CCOC(=O)C(=Cc1ccc(C=C2C(=O)C3(C)CCC2C3(C)C)cc1)C(=O)O. The minimum atomic E-state index is -1.33. The number of fused-ring (bicyclic) bond motifs is 2. The van der Waals surface area contributed by atoms with Crippen LogP contribution in [-0.2, 0) is 19.1 Å². The number of hydrogen-bond donors (Lipinski definition) is 1. The molecule has 1 aromatic rings. The maximum atomic E-state index is 12.9. The highest BCUT2D eigenvalue weighted by Crippen LogP contribution is 2.65. The molecule has 28 heavy (non-hydrogen) atoms. The molecule has 0 amide bonds. The zero-order chi connectivity index (χ0) is 20.7. The van der Waals surface area contributed by atoms with Gasteiger partial charge in [-0.3, -0.25) is 4.79 Å². The number of carboxylic acids is 1. The monoisotopic (exact) mass is 382 g/mol. The zero-order valence-electron chi connectivity index (χ0n) is 16.7. The van der Waals surface area contributed by atoms with Crippen LogP contribution in [0.2, 0.25) is 0 Å². The summed E-state index contributed by atoms with van der Waals surface area (Å²) in [6.07, 6.45) is 5.22. The third-order valence-corrected chi connectivity index (χ3v) is 6.66. The number of aliphatic carboxylic acids is 1. The second kappa shape index (κ2) is 7.04. The summed E-state index contributed by atoms with van der Waals surface area (Å²) in [5, 5.41) is 9.22. The number of ether oxygens (including phenoxy) is 1. The Morgan fingerprint density at radius 1 is 1.18 bits per heavy atom. The molecule has 2 atom stereocenters. The summed E-state index contributed by atoms with van der Waals surface area (Å²) in [4.78, 5) is 36.0. The van der Waals surface area contributed by atoms with Gasteiger partial charge < -0.3 is 9.84 Å². The van der Waals surface area contributed by atoms with Crippen molar-refractivity contribution in [1.29, 1.82) is 0 Å². The van der Waals surface area contributed by atoms with Crippen LogP contribution >= 0.6 is 0 Å². The van der Waals surface area contributed by atoms with Crippen molar-refractivity contribution in [2.45, 2.75) is 40.5 Å². The number of esters is 1. The molecule has 3 rings (SSSR count). The van der Waals surface area contributed by atoms with Crippen molar-refractivity contribution in [3.05, 3.63) is 46.5 Å². The lowest BCUT2D eigenvalue weighted by atomic mass is 9.70. The van der Waals surface area contributed by atoms with Crippen LogP contribution in [0.5, 0.6) is 0 Å². The maximum Gasteiger partial charge on any atom is 0.345 e. The van der Waals surface area contributed by atoms with Crippen LogP contribution in [0, 0.1) is 16.7 Å². The first-order valence-corrected chi connectivity index (χ1v) is 9.60. The molecule has 2 fully saturated rings. The van der Waals surface area contributed by atoms with Crippen molar-refractivity contribution >= 4 is 29.9 Å². The van der Waals surface area contributed by atoms with Gasteiger partial charge in [0.15, 0.2) is 5.78 Å². The van der Waals surface area contributed by atoms with Gasteiger partial charge in [-0.1, -0.05) is 45.0 Å². The lowest BCUT2D eigenvalue weighted by Gasteiger charge is -2.31. The van der Waals surface area contributed by atoms with Crippen molar-refractivity contribution in [2.75, 3.05) is 6.61 Å².